The molecule has 0 N–H and O–H groups in total. The third-order valence-electron chi connectivity index (χ3n) is 3.28. The van der Waals surface area contributed by atoms with Gasteiger partial charge in [0.05, 0.1) is 0 Å². The highest BCUT2D eigenvalue weighted by atomic mass is 32.2. The fraction of sp³-hybridized carbons (Fsp3) is 0.222. The van der Waals surface area contributed by atoms with Crippen molar-refractivity contribution in [3.05, 3.63) is 59.7 Å². The molecule has 102 valence electrons. The van der Waals surface area contributed by atoms with Crippen LogP contribution < -0.4 is 4.74 Å². The van der Waals surface area contributed by atoms with E-state index in [4.69, 9.17) is 4.74 Å². The summed E-state index contributed by atoms with van der Waals surface area (Å²) in [6.07, 6.45) is 4.26. The van der Waals surface area contributed by atoms with Crippen molar-refractivity contribution in [1.82, 2.24) is 0 Å². The van der Waals surface area contributed by atoms with E-state index in [0.29, 0.717) is 0 Å². The van der Waals surface area contributed by atoms with E-state index in [-0.39, 0.29) is 5.60 Å². The van der Waals surface area contributed by atoms with E-state index in [1.165, 1.54) is 15.4 Å². The highest BCUT2D eigenvalue weighted by Crippen LogP contribution is 2.35. The van der Waals surface area contributed by atoms with E-state index in [2.05, 4.69) is 75.4 Å². The first-order valence-electron chi connectivity index (χ1n) is 6.79. The van der Waals surface area contributed by atoms with Gasteiger partial charge in [-0.25, -0.2) is 0 Å². The number of aryl methyl sites for hydroxylation is 1. The predicted molar refractivity (Wildman–Crippen MR) is 85.5 cm³/mol. The Morgan fingerprint density at radius 2 is 1.65 bits per heavy atom. The zero-order chi connectivity index (χ0) is 14.2. The average molecular weight is 282 g/mol. The van der Waals surface area contributed by atoms with E-state index in [9.17, 15) is 0 Å². The van der Waals surface area contributed by atoms with Crippen LogP contribution in [-0.2, 0) is 0 Å². The normalized spacial score (nSPS) is 15.6. The summed E-state index contributed by atoms with van der Waals surface area (Å²) in [7, 11) is 0. The van der Waals surface area contributed by atoms with Crippen LogP contribution in [0.2, 0.25) is 0 Å². The van der Waals surface area contributed by atoms with Crippen LogP contribution in [0.15, 0.2) is 58.3 Å². The molecule has 0 unspecified atom stereocenters. The average Bonchev–Trinajstić information content (AvgIpc) is 2.41. The van der Waals surface area contributed by atoms with E-state index in [1.54, 1.807) is 11.8 Å². The van der Waals surface area contributed by atoms with Gasteiger partial charge in [-0.3, -0.25) is 0 Å². The number of benzene rings is 2. The van der Waals surface area contributed by atoms with E-state index >= 15 is 0 Å². The topological polar surface area (TPSA) is 9.23 Å². The molecule has 0 saturated carbocycles. The molecule has 3 rings (SSSR count). The van der Waals surface area contributed by atoms with E-state index < -0.39 is 0 Å². The zero-order valence-electron chi connectivity index (χ0n) is 12.0. The van der Waals surface area contributed by atoms with E-state index in [0.717, 1.165) is 11.3 Å². The third-order valence-corrected chi connectivity index (χ3v) is 4.27. The summed E-state index contributed by atoms with van der Waals surface area (Å²) in [5.74, 6) is 0.964. The van der Waals surface area contributed by atoms with Crippen molar-refractivity contribution in [2.45, 2.75) is 36.2 Å². The fourth-order valence-corrected chi connectivity index (χ4v) is 3.03. The Hall–Kier alpha value is -1.67. The van der Waals surface area contributed by atoms with Crippen LogP contribution in [0.5, 0.6) is 5.75 Å². The predicted octanol–water partition coefficient (Wildman–Crippen LogP) is 5.33. The molecule has 0 fully saturated rings. The quantitative estimate of drug-likeness (QED) is 0.736. The van der Waals surface area contributed by atoms with Crippen LogP contribution in [0.1, 0.15) is 25.0 Å². The smallest absolute Gasteiger partial charge is 0.127 e. The van der Waals surface area contributed by atoms with Crippen LogP contribution >= 0.6 is 11.8 Å². The van der Waals surface area contributed by atoms with Crippen molar-refractivity contribution in [2.24, 2.45) is 0 Å². The minimum atomic E-state index is -0.210. The number of hydrogen-bond donors (Lipinski definition) is 0. The first kappa shape index (κ1) is 13.3. The van der Waals surface area contributed by atoms with Crippen LogP contribution in [-0.4, -0.2) is 5.60 Å². The molecular formula is C18H18OS. The van der Waals surface area contributed by atoms with Crippen LogP contribution in [0, 0.1) is 6.92 Å². The van der Waals surface area contributed by atoms with E-state index in [1.807, 2.05) is 0 Å². The van der Waals surface area contributed by atoms with Crippen molar-refractivity contribution < 1.29 is 4.74 Å². The summed E-state index contributed by atoms with van der Waals surface area (Å²) >= 11 is 1.78. The second-order valence-corrected chi connectivity index (χ2v) is 6.80. The fourth-order valence-electron chi connectivity index (χ4n) is 2.16. The molecular weight excluding hydrogens is 264 g/mol. The lowest BCUT2D eigenvalue weighted by molar-refractivity contribution is 0.159. The van der Waals surface area contributed by atoms with Gasteiger partial charge < -0.3 is 4.74 Å². The Labute approximate surface area is 124 Å². The molecule has 1 aliphatic rings. The number of ether oxygens (including phenoxy) is 1. The Balaban J connectivity index is 1.84. The molecule has 1 nitrogen and oxygen atoms in total. The Morgan fingerprint density at radius 1 is 0.950 bits per heavy atom. The molecule has 2 aromatic carbocycles. The Morgan fingerprint density at radius 3 is 2.40 bits per heavy atom. The molecule has 0 aromatic heterocycles. The molecule has 2 heteroatoms. The SMILES string of the molecule is Cc1ccc(Sc2ccc3c(c2)C=CC(C)(C)O3)cc1. The lowest BCUT2D eigenvalue weighted by Crippen LogP contribution is -2.27. The molecule has 1 aliphatic heterocycles. The molecule has 0 amide bonds. The van der Waals surface area contributed by atoms with Gasteiger partial charge in [0.2, 0.25) is 0 Å². The standard InChI is InChI=1S/C18H18OS/c1-13-4-6-15(7-5-13)20-16-8-9-17-14(12-16)10-11-18(2,3)19-17/h4-12H,1-3H3. The van der Waals surface area contributed by atoms with Crippen LogP contribution in [0.25, 0.3) is 6.08 Å². The second-order valence-electron chi connectivity index (χ2n) is 5.65. The lowest BCUT2D eigenvalue weighted by atomic mass is 10.0. The van der Waals surface area contributed by atoms with Gasteiger partial charge in [-0.2, -0.15) is 0 Å². The Bertz CT molecular complexity index is 654. The van der Waals surface area contributed by atoms with Gasteiger partial charge >= 0.3 is 0 Å². The summed E-state index contributed by atoms with van der Waals surface area (Å²) < 4.78 is 5.94. The molecule has 0 aliphatic carbocycles. The molecule has 20 heavy (non-hydrogen) atoms. The van der Waals surface area contributed by atoms with Crippen LogP contribution in [0.4, 0.5) is 0 Å². The van der Waals surface area contributed by atoms with Crippen molar-refractivity contribution in [3.63, 3.8) is 0 Å². The van der Waals surface area contributed by atoms with Crippen LogP contribution in [0.3, 0.4) is 0 Å². The van der Waals surface area contributed by atoms with Crippen molar-refractivity contribution in [3.8, 4) is 5.75 Å². The van der Waals surface area contributed by atoms with Gasteiger partial charge in [0.25, 0.3) is 0 Å². The molecule has 0 atom stereocenters. The monoisotopic (exact) mass is 282 g/mol. The van der Waals surface area contributed by atoms with Crippen molar-refractivity contribution in [2.75, 3.05) is 0 Å². The maximum absolute atomic E-state index is 5.94. The van der Waals surface area contributed by atoms with Gasteiger partial charge in [-0.05, 0) is 57.2 Å². The number of rotatable bonds is 2. The molecule has 0 saturated heterocycles. The summed E-state index contributed by atoms with van der Waals surface area (Å²) in [5, 5.41) is 0. The Kier molecular flexibility index (Phi) is 3.35. The lowest BCUT2D eigenvalue weighted by Gasteiger charge is -2.28. The zero-order valence-corrected chi connectivity index (χ0v) is 12.8. The first-order chi connectivity index (χ1) is 9.52. The summed E-state index contributed by atoms with van der Waals surface area (Å²) in [5.41, 5.74) is 2.23. The van der Waals surface area contributed by atoms with Gasteiger partial charge in [0.1, 0.15) is 11.4 Å². The molecule has 0 radical (unpaired) electrons. The number of hydrogen-bond acceptors (Lipinski definition) is 2. The highest BCUT2D eigenvalue weighted by molar-refractivity contribution is 7.99. The van der Waals surface area contributed by atoms with Gasteiger partial charge in [-0.1, -0.05) is 35.5 Å². The summed E-state index contributed by atoms with van der Waals surface area (Å²) in [6.45, 7) is 6.25. The molecule has 0 spiro atoms. The minimum absolute atomic E-state index is 0.210. The van der Waals surface area contributed by atoms with Gasteiger partial charge in [0.15, 0.2) is 0 Å². The van der Waals surface area contributed by atoms with Gasteiger partial charge in [-0.15, -0.1) is 0 Å². The first-order valence-corrected chi connectivity index (χ1v) is 7.60. The molecule has 1 heterocycles. The molecule has 0 bridgehead atoms. The number of fused-ring (bicyclic) bond motifs is 1. The second kappa shape index (κ2) is 5.02. The summed E-state index contributed by atoms with van der Waals surface area (Å²) in [4.78, 5) is 2.50. The highest BCUT2D eigenvalue weighted by Gasteiger charge is 2.21. The minimum Gasteiger partial charge on any atom is -0.483 e. The largest absolute Gasteiger partial charge is 0.483 e. The maximum Gasteiger partial charge on any atom is 0.127 e. The maximum atomic E-state index is 5.94. The third kappa shape index (κ3) is 2.91. The van der Waals surface area contributed by atoms with Gasteiger partial charge in [0, 0.05) is 15.4 Å². The van der Waals surface area contributed by atoms with Crippen molar-refractivity contribution >= 4 is 17.8 Å². The van der Waals surface area contributed by atoms with Crippen molar-refractivity contribution in [1.29, 1.82) is 0 Å². The summed E-state index contributed by atoms with van der Waals surface area (Å²) in [6, 6.07) is 15.0. The molecule has 2 aromatic rings.